The fourth-order valence-electron chi connectivity index (χ4n) is 3.47. The number of esters is 1. The van der Waals surface area contributed by atoms with Crippen LogP contribution < -0.4 is 19.5 Å². The van der Waals surface area contributed by atoms with Crippen molar-refractivity contribution in [2.45, 2.75) is 43.2 Å². The van der Waals surface area contributed by atoms with Crippen molar-refractivity contribution in [1.82, 2.24) is 4.72 Å². The largest absolute Gasteiger partial charge is 0.495 e. The minimum absolute atomic E-state index is 0.0686. The third-order valence-electron chi connectivity index (χ3n) is 5.06. The molecule has 12 heteroatoms. The van der Waals surface area contributed by atoms with Gasteiger partial charge in [0, 0.05) is 11.7 Å². The molecule has 0 atom stereocenters. The van der Waals surface area contributed by atoms with Crippen LogP contribution in [0.3, 0.4) is 0 Å². The fourth-order valence-corrected chi connectivity index (χ4v) is 4.97. The van der Waals surface area contributed by atoms with Gasteiger partial charge < -0.3 is 19.5 Å². The first-order valence-electron chi connectivity index (χ1n) is 10.4. The van der Waals surface area contributed by atoms with Gasteiger partial charge in [-0.15, -0.1) is 0 Å². The van der Waals surface area contributed by atoms with Gasteiger partial charge in [0.15, 0.2) is 6.61 Å². The van der Waals surface area contributed by atoms with Crippen molar-refractivity contribution in [3.8, 4) is 11.5 Å². The summed E-state index contributed by atoms with van der Waals surface area (Å²) in [6.45, 7) is -3.62. The molecular formula is C22H24F2N2O7S. The number of rotatable bonds is 10. The first-order valence-corrected chi connectivity index (χ1v) is 11.9. The Morgan fingerprint density at radius 1 is 1.09 bits per heavy atom. The van der Waals surface area contributed by atoms with Crippen LogP contribution in [0.4, 0.5) is 14.5 Å². The number of amides is 1. The number of carbonyl (C=O) groups excluding carboxylic acids is 2. The Hall–Kier alpha value is -3.25. The third kappa shape index (κ3) is 6.87. The van der Waals surface area contributed by atoms with Crippen LogP contribution >= 0.6 is 0 Å². The molecule has 2 aromatic carbocycles. The van der Waals surface area contributed by atoms with Gasteiger partial charge in [-0.2, -0.15) is 8.78 Å². The number of ether oxygens (including phenoxy) is 3. The monoisotopic (exact) mass is 498 g/mol. The summed E-state index contributed by atoms with van der Waals surface area (Å²) in [6, 6.07) is 8.80. The van der Waals surface area contributed by atoms with Crippen molar-refractivity contribution in [3.05, 3.63) is 48.0 Å². The van der Waals surface area contributed by atoms with Gasteiger partial charge in [0.1, 0.15) is 16.4 Å². The predicted octanol–water partition coefficient (Wildman–Crippen LogP) is 3.31. The molecule has 2 aromatic rings. The normalized spacial score (nSPS) is 14.1. The summed E-state index contributed by atoms with van der Waals surface area (Å²) in [5.41, 5.74) is 0.201. The molecule has 1 aliphatic rings. The van der Waals surface area contributed by atoms with Crippen LogP contribution in [0.25, 0.3) is 0 Å². The van der Waals surface area contributed by atoms with Crippen LogP contribution in [0.5, 0.6) is 11.5 Å². The Morgan fingerprint density at radius 3 is 2.38 bits per heavy atom. The molecule has 3 rings (SSSR count). The summed E-state index contributed by atoms with van der Waals surface area (Å²) in [5, 5.41) is 2.44. The Balaban J connectivity index is 1.62. The number of hydrogen-bond acceptors (Lipinski definition) is 7. The minimum Gasteiger partial charge on any atom is -0.495 e. The predicted molar refractivity (Wildman–Crippen MR) is 118 cm³/mol. The molecule has 1 aliphatic carbocycles. The van der Waals surface area contributed by atoms with Gasteiger partial charge in [0.25, 0.3) is 5.91 Å². The van der Waals surface area contributed by atoms with Crippen molar-refractivity contribution >= 4 is 27.6 Å². The number of benzene rings is 2. The van der Waals surface area contributed by atoms with E-state index in [0.717, 1.165) is 31.7 Å². The van der Waals surface area contributed by atoms with Crippen molar-refractivity contribution in [2.24, 2.45) is 0 Å². The fraction of sp³-hybridized carbons (Fsp3) is 0.364. The van der Waals surface area contributed by atoms with Crippen LogP contribution in [0.1, 0.15) is 36.0 Å². The number of carbonyl (C=O) groups is 2. The molecule has 9 nitrogen and oxygen atoms in total. The SMILES string of the molecule is COc1ccc(C(=O)OCC(=O)Nc2ccc(OC(F)F)cc2)cc1S(=O)(=O)NC1CCCC1. The smallest absolute Gasteiger partial charge is 0.387 e. The number of alkyl halides is 2. The highest BCUT2D eigenvalue weighted by molar-refractivity contribution is 7.89. The zero-order chi connectivity index (χ0) is 24.7. The van der Waals surface area contributed by atoms with Gasteiger partial charge in [-0.3, -0.25) is 4.79 Å². The first-order chi connectivity index (χ1) is 16.2. The Bertz CT molecular complexity index is 1120. The summed E-state index contributed by atoms with van der Waals surface area (Å²) in [4.78, 5) is 24.3. The molecule has 0 unspecified atom stereocenters. The summed E-state index contributed by atoms with van der Waals surface area (Å²) in [7, 11) is -2.63. The molecule has 0 aromatic heterocycles. The minimum atomic E-state index is -3.94. The molecule has 1 fully saturated rings. The number of methoxy groups -OCH3 is 1. The molecule has 0 spiro atoms. The van der Waals surface area contributed by atoms with Gasteiger partial charge in [-0.1, -0.05) is 12.8 Å². The highest BCUT2D eigenvalue weighted by atomic mass is 32.2. The number of nitrogens with one attached hydrogen (secondary N) is 2. The standard InChI is InChI=1S/C22H24F2N2O7S/c1-31-18-11-6-14(12-19(18)34(29,30)26-16-4-2-3-5-16)21(28)32-13-20(27)25-15-7-9-17(10-8-15)33-22(23)24/h6-12,16,22,26H,2-5,13H2,1H3,(H,25,27). The van der Waals surface area contributed by atoms with E-state index in [4.69, 9.17) is 9.47 Å². The number of halogens is 2. The van der Waals surface area contributed by atoms with Crippen molar-refractivity contribution in [1.29, 1.82) is 0 Å². The second-order valence-electron chi connectivity index (χ2n) is 7.50. The van der Waals surface area contributed by atoms with E-state index in [0.29, 0.717) is 0 Å². The maximum atomic E-state index is 12.8. The third-order valence-corrected chi connectivity index (χ3v) is 6.61. The first kappa shape index (κ1) is 25.4. The van der Waals surface area contributed by atoms with E-state index in [-0.39, 0.29) is 33.7 Å². The van der Waals surface area contributed by atoms with E-state index < -0.39 is 35.1 Å². The molecular weight excluding hydrogens is 474 g/mol. The van der Waals surface area contributed by atoms with Crippen molar-refractivity contribution in [2.75, 3.05) is 19.0 Å². The Kier molecular flexibility index (Phi) is 8.40. The van der Waals surface area contributed by atoms with Crippen LogP contribution in [-0.4, -0.2) is 46.7 Å². The van der Waals surface area contributed by atoms with Gasteiger partial charge in [0.2, 0.25) is 10.0 Å². The van der Waals surface area contributed by atoms with Crippen molar-refractivity contribution in [3.63, 3.8) is 0 Å². The molecule has 0 bridgehead atoms. The molecule has 34 heavy (non-hydrogen) atoms. The lowest BCUT2D eigenvalue weighted by atomic mass is 10.2. The number of hydrogen-bond donors (Lipinski definition) is 2. The Morgan fingerprint density at radius 2 is 1.76 bits per heavy atom. The quantitative estimate of drug-likeness (QED) is 0.482. The lowest BCUT2D eigenvalue weighted by Crippen LogP contribution is -2.33. The van der Waals surface area contributed by atoms with Gasteiger partial charge in [-0.05, 0) is 55.3 Å². The van der Waals surface area contributed by atoms with Gasteiger partial charge in [0.05, 0.1) is 12.7 Å². The van der Waals surface area contributed by atoms with E-state index in [1.165, 1.54) is 43.5 Å². The maximum Gasteiger partial charge on any atom is 0.387 e. The average molecular weight is 499 g/mol. The highest BCUT2D eigenvalue weighted by Crippen LogP contribution is 2.27. The van der Waals surface area contributed by atoms with Crippen LogP contribution in [-0.2, 0) is 19.6 Å². The van der Waals surface area contributed by atoms with E-state index >= 15 is 0 Å². The molecule has 184 valence electrons. The molecule has 0 saturated heterocycles. The van der Waals surface area contributed by atoms with Gasteiger partial charge in [-0.25, -0.2) is 17.9 Å². The number of anilines is 1. The Labute approximate surface area is 195 Å². The molecule has 1 saturated carbocycles. The topological polar surface area (TPSA) is 120 Å². The summed E-state index contributed by atoms with van der Waals surface area (Å²) in [6.07, 6.45) is 3.35. The number of sulfonamides is 1. The maximum absolute atomic E-state index is 12.8. The molecule has 2 N–H and O–H groups in total. The summed E-state index contributed by atoms with van der Waals surface area (Å²) < 4.78 is 67.0. The van der Waals surface area contributed by atoms with Gasteiger partial charge >= 0.3 is 12.6 Å². The highest BCUT2D eigenvalue weighted by Gasteiger charge is 2.27. The van der Waals surface area contributed by atoms with E-state index in [2.05, 4.69) is 14.8 Å². The van der Waals surface area contributed by atoms with E-state index in [1.54, 1.807) is 0 Å². The van der Waals surface area contributed by atoms with E-state index in [9.17, 15) is 26.8 Å². The molecule has 1 amide bonds. The zero-order valence-electron chi connectivity index (χ0n) is 18.3. The lowest BCUT2D eigenvalue weighted by molar-refractivity contribution is -0.119. The lowest BCUT2D eigenvalue weighted by Gasteiger charge is -2.15. The average Bonchev–Trinajstić information content (AvgIpc) is 3.30. The zero-order valence-corrected chi connectivity index (χ0v) is 19.1. The molecule has 0 radical (unpaired) electrons. The van der Waals surface area contributed by atoms with Crippen LogP contribution in [0.15, 0.2) is 47.4 Å². The molecule has 0 heterocycles. The van der Waals surface area contributed by atoms with Crippen LogP contribution in [0.2, 0.25) is 0 Å². The summed E-state index contributed by atoms with van der Waals surface area (Å²) >= 11 is 0. The van der Waals surface area contributed by atoms with E-state index in [1.807, 2.05) is 0 Å². The van der Waals surface area contributed by atoms with Crippen molar-refractivity contribution < 1.29 is 41.0 Å². The second-order valence-corrected chi connectivity index (χ2v) is 9.18. The van der Waals surface area contributed by atoms with Crippen LogP contribution in [0, 0.1) is 0 Å². The molecule has 0 aliphatic heterocycles. The summed E-state index contributed by atoms with van der Waals surface area (Å²) in [5.74, 6) is -1.60. The second kappa shape index (κ2) is 11.3.